The minimum Gasteiger partial charge on any atom is -0.464 e. The average molecular weight is 286 g/mol. The molecule has 0 aliphatic heterocycles. The van der Waals surface area contributed by atoms with Crippen LogP contribution in [0, 0.1) is 0 Å². The average Bonchev–Trinajstić information content (AvgIpc) is 3.00. The van der Waals surface area contributed by atoms with E-state index in [4.69, 9.17) is 4.74 Å². The van der Waals surface area contributed by atoms with E-state index < -0.39 is 5.97 Å². The van der Waals surface area contributed by atoms with E-state index in [0.29, 0.717) is 6.04 Å². The van der Waals surface area contributed by atoms with Gasteiger partial charge in [0.05, 0.1) is 13.2 Å². The number of aromatic nitrogens is 4. The highest BCUT2D eigenvalue weighted by molar-refractivity contribution is 5.93. The van der Waals surface area contributed by atoms with Crippen LogP contribution >= 0.6 is 0 Å². The topological polar surface area (TPSA) is 69.9 Å². The zero-order valence-corrected chi connectivity index (χ0v) is 12.0. The van der Waals surface area contributed by atoms with Crippen molar-refractivity contribution in [1.82, 2.24) is 20.0 Å². The van der Waals surface area contributed by atoms with Crippen LogP contribution in [0.4, 0.5) is 0 Å². The van der Waals surface area contributed by atoms with Crippen molar-refractivity contribution in [2.75, 3.05) is 7.11 Å². The molecule has 2 aromatic heterocycles. The molecule has 1 aliphatic rings. The normalized spacial score (nSPS) is 15.9. The standard InChI is InChI=1S/C15H18N4O2/c1-21-15(20)13-14(11-7-9-16-10-8-11)19(18-17-13)12-5-3-2-4-6-12/h7-10,12H,2-6H2,1H3. The Hall–Kier alpha value is -2.24. The van der Waals surface area contributed by atoms with Gasteiger partial charge in [-0.25, -0.2) is 9.48 Å². The maximum atomic E-state index is 12.0. The van der Waals surface area contributed by atoms with E-state index in [9.17, 15) is 4.79 Å². The van der Waals surface area contributed by atoms with Crippen LogP contribution in [0.5, 0.6) is 0 Å². The number of methoxy groups -OCH3 is 1. The molecular formula is C15H18N4O2. The number of hydrogen-bond donors (Lipinski definition) is 0. The van der Waals surface area contributed by atoms with Gasteiger partial charge in [0.1, 0.15) is 5.69 Å². The lowest BCUT2D eigenvalue weighted by molar-refractivity contribution is 0.0595. The van der Waals surface area contributed by atoms with Crippen molar-refractivity contribution in [2.24, 2.45) is 0 Å². The van der Waals surface area contributed by atoms with Gasteiger partial charge in [-0.05, 0) is 25.0 Å². The number of hydrogen-bond acceptors (Lipinski definition) is 5. The van der Waals surface area contributed by atoms with E-state index in [1.165, 1.54) is 26.4 Å². The second-order valence-electron chi connectivity index (χ2n) is 5.25. The van der Waals surface area contributed by atoms with Crippen LogP contribution in [0.3, 0.4) is 0 Å². The van der Waals surface area contributed by atoms with Crippen molar-refractivity contribution in [3.8, 4) is 11.3 Å². The molecule has 0 spiro atoms. The zero-order valence-electron chi connectivity index (χ0n) is 12.0. The first-order valence-corrected chi connectivity index (χ1v) is 7.25. The van der Waals surface area contributed by atoms with Crippen LogP contribution in [0.2, 0.25) is 0 Å². The third-order valence-electron chi connectivity index (χ3n) is 3.95. The maximum Gasteiger partial charge on any atom is 0.360 e. The maximum absolute atomic E-state index is 12.0. The summed E-state index contributed by atoms with van der Waals surface area (Å²) >= 11 is 0. The molecular weight excluding hydrogens is 268 g/mol. The summed E-state index contributed by atoms with van der Waals surface area (Å²) in [5, 5.41) is 8.29. The number of pyridine rings is 1. The van der Waals surface area contributed by atoms with Crippen LogP contribution in [0.25, 0.3) is 11.3 Å². The minimum atomic E-state index is -0.455. The predicted molar refractivity (Wildman–Crippen MR) is 76.7 cm³/mol. The number of rotatable bonds is 3. The summed E-state index contributed by atoms with van der Waals surface area (Å²) in [6.45, 7) is 0. The van der Waals surface area contributed by atoms with E-state index in [-0.39, 0.29) is 5.69 Å². The largest absolute Gasteiger partial charge is 0.464 e. The van der Waals surface area contributed by atoms with E-state index in [1.807, 2.05) is 16.8 Å². The highest BCUT2D eigenvalue weighted by Gasteiger charge is 2.26. The number of carbonyl (C=O) groups is 1. The van der Waals surface area contributed by atoms with Crippen LogP contribution in [-0.4, -0.2) is 33.1 Å². The zero-order chi connectivity index (χ0) is 14.7. The Morgan fingerprint density at radius 1 is 1.24 bits per heavy atom. The Morgan fingerprint density at radius 3 is 2.62 bits per heavy atom. The molecule has 1 aliphatic carbocycles. The summed E-state index contributed by atoms with van der Waals surface area (Å²) in [6.07, 6.45) is 9.19. The SMILES string of the molecule is COC(=O)c1nnn(C2CCCCC2)c1-c1ccncc1. The molecule has 1 saturated carbocycles. The molecule has 0 atom stereocenters. The molecule has 0 saturated heterocycles. The fourth-order valence-corrected chi connectivity index (χ4v) is 2.89. The van der Waals surface area contributed by atoms with E-state index in [1.54, 1.807) is 12.4 Å². The molecule has 2 aromatic rings. The van der Waals surface area contributed by atoms with Crippen LogP contribution in [0.15, 0.2) is 24.5 Å². The van der Waals surface area contributed by atoms with E-state index >= 15 is 0 Å². The van der Waals surface area contributed by atoms with Crippen LogP contribution in [0.1, 0.15) is 48.6 Å². The van der Waals surface area contributed by atoms with Gasteiger partial charge in [0, 0.05) is 18.0 Å². The lowest BCUT2D eigenvalue weighted by Gasteiger charge is -2.23. The molecule has 0 N–H and O–H groups in total. The molecule has 0 bridgehead atoms. The highest BCUT2D eigenvalue weighted by Crippen LogP contribution is 2.32. The van der Waals surface area contributed by atoms with Crippen molar-refractivity contribution >= 4 is 5.97 Å². The van der Waals surface area contributed by atoms with Gasteiger partial charge >= 0.3 is 5.97 Å². The quantitative estimate of drug-likeness (QED) is 0.811. The first-order valence-electron chi connectivity index (χ1n) is 7.25. The van der Waals surface area contributed by atoms with Gasteiger partial charge < -0.3 is 4.74 Å². The van der Waals surface area contributed by atoms with E-state index in [2.05, 4.69) is 15.3 Å². The first kappa shape index (κ1) is 13.7. The molecule has 0 amide bonds. The van der Waals surface area contributed by atoms with Gasteiger partial charge in [-0.3, -0.25) is 4.98 Å². The lowest BCUT2D eigenvalue weighted by atomic mass is 9.95. The highest BCUT2D eigenvalue weighted by atomic mass is 16.5. The summed E-state index contributed by atoms with van der Waals surface area (Å²) in [7, 11) is 1.36. The van der Waals surface area contributed by atoms with Crippen molar-refractivity contribution < 1.29 is 9.53 Å². The summed E-state index contributed by atoms with van der Waals surface area (Å²) in [5.41, 5.74) is 1.89. The molecule has 6 nitrogen and oxygen atoms in total. The van der Waals surface area contributed by atoms with Crippen molar-refractivity contribution in [3.63, 3.8) is 0 Å². The number of nitrogens with zero attached hydrogens (tertiary/aromatic N) is 4. The Bertz CT molecular complexity index is 618. The first-order chi connectivity index (χ1) is 10.3. The third-order valence-corrected chi connectivity index (χ3v) is 3.95. The summed E-state index contributed by atoms with van der Waals surface area (Å²) in [5.74, 6) is -0.455. The van der Waals surface area contributed by atoms with Gasteiger partial charge in [-0.1, -0.05) is 24.5 Å². The summed E-state index contributed by atoms with van der Waals surface area (Å²) in [6, 6.07) is 4.03. The number of ether oxygens (including phenoxy) is 1. The van der Waals surface area contributed by atoms with Gasteiger partial charge in [-0.2, -0.15) is 0 Å². The molecule has 1 fully saturated rings. The van der Waals surface area contributed by atoms with E-state index in [0.717, 1.165) is 24.1 Å². The lowest BCUT2D eigenvalue weighted by Crippen LogP contribution is -2.16. The molecule has 0 unspecified atom stereocenters. The molecule has 21 heavy (non-hydrogen) atoms. The molecule has 3 rings (SSSR count). The summed E-state index contributed by atoms with van der Waals surface area (Å²) < 4.78 is 6.72. The van der Waals surface area contributed by atoms with Crippen molar-refractivity contribution in [3.05, 3.63) is 30.2 Å². The van der Waals surface area contributed by atoms with Crippen molar-refractivity contribution in [1.29, 1.82) is 0 Å². The van der Waals surface area contributed by atoms with Crippen LogP contribution < -0.4 is 0 Å². The second kappa shape index (κ2) is 6.03. The number of carbonyl (C=O) groups excluding carboxylic acids is 1. The van der Waals surface area contributed by atoms with Crippen LogP contribution in [-0.2, 0) is 4.74 Å². The predicted octanol–water partition coefficient (Wildman–Crippen LogP) is 2.63. The smallest absolute Gasteiger partial charge is 0.360 e. The summed E-state index contributed by atoms with van der Waals surface area (Å²) in [4.78, 5) is 16.0. The fourth-order valence-electron chi connectivity index (χ4n) is 2.89. The van der Waals surface area contributed by atoms with Gasteiger partial charge in [0.15, 0.2) is 5.69 Å². The van der Waals surface area contributed by atoms with Gasteiger partial charge in [0.2, 0.25) is 0 Å². The number of esters is 1. The molecule has 2 heterocycles. The molecule has 6 heteroatoms. The Labute approximate surface area is 123 Å². The monoisotopic (exact) mass is 286 g/mol. The fraction of sp³-hybridized carbons (Fsp3) is 0.467. The Kier molecular flexibility index (Phi) is 3.94. The second-order valence-corrected chi connectivity index (χ2v) is 5.25. The molecule has 0 radical (unpaired) electrons. The van der Waals surface area contributed by atoms with Gasteiger partial charge in [0.25, 0.3) is 0 Å². The molecule has 110 valence electrons. The Balaban J connectivity index is 2.08. The van der Waals surface area contributed by atoms with Gasteiger partial charge in [-0.15, -0.1) is 5.10 Å². The minimum absolute atomic E-state index is 0.272. The molecule has 0 aromatic carbocycles. The third kappa shape index (κ3) is 2.66. The van der Waals surface area contributed by atoms with Crippen molar-refractivity contribution in [2.45, 2.75) is 38.1 Å². The Morgan fingerprint density at radius 2 is 1.95 bits per heavy atom.